The van der Waals surface area contributed by atoms with Crippen LogP contribution in [0, 0.1) is 17.3 Å². The minimum atomic E-state index is -0.427. The molecule has 1 aromatic heterocycles. The van der Waals surface area contributed by atoms with Gasteiger partial charge in [-0.05, 0) is 66.2 Å². The number of aryl methyl sites for hydroxylation is 1. The van der Waals surface area contributed by atoms with Gasteiger partial charge in [0, 0.05) is 18.8 Å². The molecule has 1 saturated heterocycles. The zero-order valence-electron chi connectivity index (χ0n) is 16.3. The Labute approximate surface area is 166 Å². The first kappa shape index (κ1) is 17.6. The van der Waals surface area contributed by atoms with E-state index in [4.69, 9.17) is 0 Å². The quantitative estimate of drug-likeness (QED) is 0.744. The molecule has 1 aromatic carbocycles. The molecule has 2 aromatic rings. The number of benzene rings is 1. The Morgan fingerprint density at radius 2 is 2.00 bits per heavy atom. The van der Waals surface area contributed by atoms with Crippen molar-refractivity contribution in [2.75, 3.05) is 0 Å². The van der Waals surface area contributed by atoms with E-state index in [0.717, 1.165) is 31.2 Å². The van der Waals surface area contributed by atoms with Crippen LogP contribution in [0.3, 0.4) is 0 Å². The van der Waals surface area contributed by atoms with Crippen LogP contribution in [0.25, 0.3) is 0 Å². The minimum absolute atomic E-state index is 0.0177. The van der Waals surface area contributed by atoms with Crippen LogP contribution in [0.4, 0.5) is 0 Å². The molecule has 2 fully saturated rings. The third-order valence-corrected chi connectivity index (χ3v) is 7.52. The lowest BCUT2D eigenvalue weighted by molar-refractivity contribution is -0.168. The third-order valence-electron chi connectivity index (χ3n) is 7.52. The van der Waals surface area contributed by atoms with Gasteiger partial charge in [-0.3, -0.25) is 19.5 Å². The molecule has 0 unspecified atom stereocenters. The summed E-state index contributed by atoms with van der Waals surface area (Å²) in [5, 5.41) is 0. The van der Waals surface area contributed by atoms with Gasteiger partial charge in [0.05, 0.1) is 12.0 Å². The first-order chi connectivity index (χ1) is 13.6. The van der Waals surface area contributed by atoms with Crippen molar-refractivity contribution in [3.05, 3.63) is 65.5 Å². The van der Waals surface area contributed by atoms with E-state index in [1.54, 1.807) is 12.4 Å². The Bertz CT molecular complexity index is 925. The Balaban J connectivity index is 1.44. The lowest BCUT2D eigenvalue weighted by Gasteiger charge is -2.54. The monoisotopic (exact) mass is 374 g/mol. The average molecular weight is 374 g/mol. The maximum atomic E-state index is 13.5. The van der Waals surface area contributed by atoms with Crippen LogP contribution < -0.4 is 0 Å². The Kier molecular flexibility index (Phi) is 4.11. The van der Waals surface area contributed by atoms with Crippen LogP contribution >= 0.6 is 0 Å². The van der Waals surface area contributed by atoms with Crippen LogP contribution in [0.2, 0.25) is 0 Å². The van der Waals surface area contributed by atoms with E-state index in [2.05, 4.69) is 36.2 Å². The molecule has 4 atom stereocenters. The third kappa shape index (κ3) is 2.61. The Morgan fingerprint density at radius 1 is 1.14 bits per heavy atom. The van der Waals surface area contributed by atoms with E-state index in [1.807, 2.05) is 12.1 Å². The molecule has 5 rings (SSSR count). The zero-order valence-corrected chi connectivity index (χ0v) is 16.3. The van der Waals surface area contributed by atoms with Gasteiger partial charge in [0.25, 0.3) is 0 Å². The van der Waals surface area contributed by atoms with Crippen molar-refractivity contribution in [2.24, 2.45) is 17.3 Å². The van der Waals surface area contributed by atoms with Crippen LogP contribution in [0.1, 0.15) is 55.2 Å². The summed E-state index contributed by atoms with van der Waals surface area (Å²) < 4.78 is 0. The van der Waals surface area contributed by atoms with Gasteiger partial charge in [-0.15, -0.1) is 0 Å². The summed E-state index contributed by atoms with van der Waals surface area (Å²) in [5.74, 6) is 1.09. The van der Waals surface area contributed by atoms with Crippen LogP contribution in [-0.2, 0) is 22.6 Å². The van der Waals surface area contributed by atoms with Crippen LogP contribution in [-0.4, -0.2) is 21.7 Å². The molecule has 2 aliphatic carbocycles. The van der Waals surface area contributed by atoms with Gasteiger partial charge < -0.3 is 0 Å². The first-order valence-electron chi connectivity index (χ1n) is 10.4. The molecule has 1 saturated carbocycles. The van der Waals surface area contributed by atoms with Crippen molar-refractivity contribution in [1.29, 1.82) is 0 Å². The molecule has 2 heterocycles. The maximum absolute atomic E-state index is 13.5. The summed E-state index contributed by atoms with van der Waals surface area (Å²) in [6, 6.07) is 12.5. The molecular formula is C24H26N2O2. The highest BCUT2D eigenvalue weighted by atomic mass is 16.2. The van der Waals surface area contributed by atoms with Gasteiger partial charge in [0.15, 0.2) is 0 Å². The fourth-order valence-electron chi connectivity index (χ4n) is 6.04. The summed E-state index contributed by atoms with van der Waals surface area (Å²) in [7, 11) is 0. The number of carbonyl (C=O) groups is 2. The molecule has 0 radical (unpaired) electrons. The lowest BCUT2D eigenvalue weighted by atomic mass is 9.52. The van der Waals surface area contributed by atoms with Crippen molar-refractivity contribution in [2.45, 2.75) is 51.5 Å². The highest BCUT2D eigenvalue weighted by Gasteiger charge is 2.57. The number of rotatable bonds is 2. The molecule has 0 bridgehead atoms. The molecule has 3 aliphatic rings. The minimum Gasteiger partial charge on any atom is -0.278 e. The van der Waals surface area contributed by atoms with Gasteiger partial charge in [-0.2, -0.15) is 0 Å². The number of imide groups is 1. The van der Waals surface area contributed by atoms with Gasteiger partial charge in [-0.1, -0.05) is 37.3 Å². The van der Waals surface area contributed by atoms with E-state index in [1.165, 1.54) is 16.0 Å². The second-order valence-corrected chi connectivity index (χ2v) is 8.92. The second kappa shape index (κ2) is 6.54. The lowest BCUT2D eigenvalue weighted by Crippen LogP contribution is -2.58. The fraction of sp³-hybridized carbons (Fsp3) is 0.458. The standard InChI is InChI=1S/C24H26N2O2/c1-24-11-10-19-18-7-3-2-6-17(18)8-9-20(19)21(24)13-22(27)26(23(24)28)15-16-5-4-12-25-14-16/h2-7,12,14,19-21H,8-11,13,15H2,1H3/t19-,20-,21+,24+/m1/s1. The molecule has 0 N–H and O–H groups in total. The van der Waals surface area contributed by atoms with E-state index < -0.39 is 5.41 Å². The number of hydrogen-bond donors (Lipinski definition) is 0. The van der Waals surface area contributed by atoms with E-state index in [-0.39, 0.29) is 17.7 Å². The van der Waals surface area contributed by atoms with E-state index in [0.29, 0.717) is 24.8 Å². The smallest absolute Gasteiger partial charge is 0.235 e. The summed E-state index contributed by atoms with van der Waals surface area (Å²) in [6.45, 7) is 2.45. The highest BCUT2D eigenvalue weighted by Crippen LogP contribution is 2.57. The summed E-state index contributed by atoms with van der Waals surface area (Å²) in [4.78, 5) is 32.1. The fourth-order valence-corrected chi connectivity index (χ4v) is 6.04. The second-order valence-electron chi connectivity index (χ2n) is 8.92. The predicted octanol–water partition coefficient (Wildman–Crippen LogP) is 4.10. The molecule has 1 aliphatic heterocycles. The number of fused-ring (bicyclic) bond motifs is 5. The average Bonchev–Trinajstić information content (AvgIpc) is 2.73. The first-order valence-corrected chi connectivity index (χ1v) is 10.4. The highest BCUT2D eigenvalue weighted by molar-refractivity contribution is 6.01. The largest absolute Gasteiger partial charge is 0.278 e. The number of piperidine rings is 1. The van der Waals surface area contributed by atoms with Crippen LogP contribution in [0.15, 0.2) is 48.8 Å². The molecular weight excluding hydrogens is 348 g/mol. The molecule has 4 heteroatoms. The van der Waals surface area contributed by atoms with E-state index >= 15 is 0 Å². The maximum Gasteiger partial charge on any atom is 0.235 e. The Morgan fingerprint density at radius 3 is 2.82 bits per heavy atom. The van der Waals surface area contributed by atoms with Crippen molar-refractivity contribution in [3.63, 3.8) is 0 Å². The number of amides is 2. The van der Waals surface area contributed by atoms with Crippen molar-refractivity contribution >= 4 is 11.8 Å². The number of nitrogens with zero attached hydrogens (tertiary/aromatic N) is 2. The number of carbonyl (C=O) groups excluding carboxylic acids is 2. The molecule has 28 heavy (non-hydrogen) atoms. The topological polar surface area (TPSA) is 50.3 Å². The molecule has 4 nitrogen and oxygen atoms in total. The van der Waals surface area contributed by atoms with E-state index in [9.17, 15) is 9.59 Å². The van der Waals surface area contributed by atoms with Gasteiger partial charge in [-0.25, -0.2) is 0 Å². The number of aromatic nitrogens is 1. The summed E-state index contributed by atoms with van der Waals surface area (Å²) in [6.07, 6.45) is 7.99. The number of pyridine rings is 1. The number of hydrogen-bond acceptors (Lipinski definition) is 3. The molecule has 144 valence electrons. The SMILES string of the molecule is C[C@]12CC[C@@H]3c4ccccc4CC[C@H]3[C@@H]1CC(=O)N(Cc1cccnc1)C2=O. The predicted molar refractivity (Wildman–Crippen MR) is 106 cm³/mol. The molecule has 2 amide bonds. The van der Waals surface area contributed by atoms with Crippen molar-refractivity contribution in [3.8, 4) is 0 Å². The van der Waals surface area contributed by atoms with Gasteiger partial charge in [0.1, 0.15) is 0 Å². The Hall–Kier alpha value is -2.49. The van der Waals surface area contributed by atoms with Crippen molar-refractivity contribution < 1.29 is 9.59 Å². The summed E-state index contributed by atoms with van der Waals surface area (Å²) >= 11 is 0. The number of likely N-dealkylation sites (tertiary alicyclic amines) is 1. The zero-order chi connectivity index (χ0) is 19.3. The van der Waals surface area contributed by atoms with Crippen LogP contribution in [0.5, 0.6) is 0 Å². The van der Waals surface area contributed by atoms with Gasteiger partial charge in [0.2, 0.25) is 11.8 Å². The normalized spacial score (nSPS) is 31.8. The van der Waals surface area contributed by atoms with Crippen molar-refractivity contribution in [1.82, 2.24) is 9.88 Å². The summed E-state index contributed by atoms with van der Waals surface area (Å²) in [5.41, 5.74) is 3.40. The van der Waals surface area contributed by atoms with Gasteiger partial charge >= 0.3 is 0 Å². The molecule has 0 spiro atoms.